The van der Waals surface area contributed by atoms with Gasteiger partial charge in [0.1, 0.15) is 7.11 Å². The Kier molecular flexibility index (Phi) is 4.74. The molecule has 2 aromatic heterocycles. The van der Waals surface area contributed by atoms with Gasteiger partial charge in [0.25, 0.3) is 5.56 Å². The third-order valence-electron chi connectivity index (χ3n) is 4.34. The molecule has 4 aromatic rings. The summed E-state index contributed by atoms with van der Waals surface area (Å²) in [6, 6.07) is 18.4. The third-order valence-corrected chi connectivity index (χ3v) is 4.34. The zero-order valence-corrected chi connectivity index (χ0v) is 15.2. The third kappa shape index (κ3) is 3.30. The molecule has 0 atom stereocenters. The molecule has 140 valence electrons. The molecular formula is C21H18N4O3. The van der Waals surface area contributed by atoms with Crippen LogP contribution in [-0.2, 0) is 6.61 Å². The van der Waals surface area contributed by atoms with E-state index in [-0.39, 0.29) is 12.2 Å². The number of rotatable bonds is 5. The second-order valence-corrected chi connectivity index (χ2v) is 6.16. The number of fused-ring (bicyclic) bond motifs is 1. The Balaban J connectivity index is 1.80. The summed E-state index contributed by atoms with van der Waals surface area (Å²) < 4.78 is 1.16. The molecule has 2 heterocycles. The van der Waals surface area contributed by atoms with E-state index < -0.39 is 0 Å². The highest BCUT2D eigenvalue weighted by atomic mass is 16.6. The minimum absolute atomic E-state index is 0.0560. The number of aliphatic hydroxyl groups excluding tert-OH is 1. The lowest BCUT2D eigenvalue weighted by atomic mass is 10.1. The zero-order chi connectivity index (χ0) is 19.5. The highest BCUT2D eigenvalue weighted by Crippen LogP contribution is 2.21. The molecule has 0 saturated heterocycles. The van der Waals surface area contributed by atoms with Gasteiger partial charge in [-0.3, -0.25) is 4.79 Å². The first-order valence-corrected chi connectivity index (χ1v) is 8.69. The molecule has 0 unspecified atom stereocenters. The van der Waals surface area contributed by atoms with Gasteiger partial charge in [0, 0.05) is 17.3 Å². The molecule has 0 saturated carbocycles. The van der Waals surface area contributed by atoms with Crippen LogP contribution in [0.15, 0.2) is 71.7 Å². The maximum Gasteiger partial charge on any atom is 0.292 e. The fraction of sp³-hybridized carbons (Fsp3) is 0.0952. The number of pyridine rings is 1. The lowest BCUT2D eigenvalue weighted by molar-refractivity contribution is 0.168. The van der Waals surface area contributed by atoms with E-state index in [0.717, 1.165) is 21.5 Å². The van der Waals surface area contributed by atoms with Gasteiger partial charge >= 0.3 is 0 Å². The Labute approximate surface area is 160 Å². The number of benzene rings is 2. The van der Waals surface area contributed by atoms with Gasteiger partial charge < -0.3 is 15.3 Å². The number of aliphatic hydroxyl groups is 1. The Morgan fingerprint density at radius 2 is 1.93 bits per heavy atom. The van der Waals surface area contributed by atoms with Crippen LogP contribution in [0.4, 0.5) is 11.6 Å². The monoisotopic (exact) mass is 374 g/mol. The molecule has 0 aliphatic carbocycles. The van der Waals surface area contributed by atoms with Crippen molar-refractivity contribution in [1.29, 1.82) is 0 Å². The minimum Gasteiger partial charge on any atom is -0.412 e. The number of nitrogens with zero attached hydrogens (tertiary/aromatic N) is 3. The number of aromatic nitrogens is 3. The summed E-state index contributed by atoms with van der Waals surface area (Å²) in [5, 5.41) is 13.0. The van der Waals surface area contributed by atoms with Gasteiger partial charge in [0.2, 0.25) is 5.95 Å². The van der Waals surface area contributed by atoms with Crippen LogP contribution in [0.1, 0.15) is 5.56 Å². The average molecular weight is 374 g/mol. The fourth-order valence-corrected chi connectivity index (χ4v) is 3.00. The standard InChI is InChI=1S/C21H18N4O3/c1-28-25-19-16(11-18(20(25)27)15-7-3-2-4-8-15)12-22-21(24-19)23-17-9-5-6-14(10-17)13-26/h2-12,26H,13H2,1H3,(H,22,23,24). The Bertz CT molecular complexity index is 1190. The van der Waals surface area contributed by atoms with Crippen molar-refractivity contribution >= 4 is 22.7 Å². The highest BCUT2D eigenvalue weighted by Gasteiger charge is 2.14. The van der Waals surface area contributed by atoms with E-state index in [9.17, 15) is 9.90 Å². The van der Waals surface area contributed by atoms with Crippen LogP contribution in [0.25, 0.3) is 22.2 Å². The first-order chi connectivity index (χ1) is 13.7. The van der Waals surface area contributed by atoms with Gasteiger partial charge in [0.05, 0.1) is 12.2 Å². The second-order valence-electron chi connectivity index (χ2n) is 6.16. The molecule has 2 aromatic carbocycles. The molecule has 2 N–H and O–H groups in total. The maximum absolute atomic E-state index is 12.9. The normalized spacial score (nSPS) is 10.8. The van der Waals surface area contributed by atoms with Crippen molar-refractivity contribution in [3.63, 3.8) is 0 Å². The van der Waals surface area contributed by atoms with E-state index in [4.69, 9.17) is 4.84 Å². The van der Waals surface area contributed by atoms with Crippen molar-refractivity contribution in [2.75, 3.05) is 12.4 Å². The van der Waals surface area contributed by atoms with Gasteiger partial charge in [-0.15, -0.1) is 4.73 Å². The van der Waals surface area contributed by atoms with E-state index in [1.165, 1.54) is 7.11 Å². The Morgan fingerprint density at radius 1 is 1.11 bits per heavy atom. The average Bonchev–Trinajstić information content (AvgIpc) is 2.74. The smallest absolute Gasteiger partial charge is 0.292 e. The van der Waals surface area contributed by atoms with Gasteiger partial charge in [-0.05, 0) is 29.3 Å². The SMILES string of the molecule is COn1c(=O)c(-c2ccccc2)cc2cnc(Nc3cccc(CO)c3)nc21. The topological polar surface area (TPSA) is 89.3 Å². The summed E-state index contributed by atoms with van der Waals surface area (Å²) in [7, 11) is 1.43. The Morgan fingerprint density at radius 3 is 2.68 bits per heavy atom. The molecule has 0 aliphatic heterocycles. The molecule has 0 amide bonds. The van der Waals surface area contributed by atoms with Crippen LogP contribution in [0.2, 0.25) is 0 Å². The van der Waals surface area contributed by atoms with E-state index in [0.29, 0.717) is 22.5 Å². The predicted octanol–water partition coefficient (Wildman–Crippen LogP) is 2.75. The molecule has 0 radical (unpaired) electrons. The summed E-state index contributed by atoms with van der Waals surface area (Å²) in [4.78, 5) is 27.0. The van der Waals surface area contributed by atoms with Crippen LogP contribution in [0, 0.1) is 0 Å². The van der Waals surface area contributed by atoms with Crippen LogP contribution in [-0.4, -0.2) is 26.9 Å². The number of nitrogens with one attached hydrogen (secondary N) is 1. The molecule has 0 aliphatic rings. The van der Waals surface area contributed by atoms with E-state index in [1.54, 1.807) is 18.3 Å². The number of hydrogen-bond acceptors (Lipinski definition) is 6. The predicted molar refractivity (Wildman–Crippen MR) is 107 cm³/mol. The van der Waals surface area contributed by atoms with Crippen LogP contribution in [0.5, 0.6) is 0 Å². The summed E-state index contributed by atoms with van der Waals surface area (Å²) in [6.45, 7) is -0.0560. The van der Waals surface area contributed by atoms with Crippen molar-refractivity contribution < 1.29 is 9.94 Å². The van der Waals surface area contributed by atoms with Crippen LogP contribution >= 0.6 is 0 Å². The number of anilines is 2. The van der Waals surface area contributed by atoms with Crippen molar-refractivity contribution in [3.05, 3.63) is 82.8 Å². The quantitative estimate of drug-likeness (QED) is 0.558. The van der Waals surface area contributed by atoms with Crippen molar-refractivity contribution in [1.82, 2.24) is 14.7 Å². The van der Waals surface area contributed by atoms with Gasteiger partial charge in [0.15, 0.2) is 5.65 Å². The van der Waals surface area contributed by atoms with E-state index in [2.05, 4.69) is 15.3 Å². The Hall–Kier alpha value is -3.71. The summed E-state index contributed by atoms with van der Waals surface area (Å²) in [5.41, 5.74) is 2.87. The van der Waals surface area contributed by atoms with Crippen molar-refractivity contribution in [2.45, 2.75) is 6.61 Å². The molecule has 0 fully saturated rings. The van der Waals surface area contributed by atoms with Gasteiger partial charge in [-0.1, -0.05) is 42.5 Å². The molecule has 4 rings (SSSR count). The molecule has 0 bridgehead atoms. The van der Waals surface area contributed by atoms with Crippen molar-refractivity contribution in [3.8, 4) is 11.1 Å². The van der Waals surface area contributed by atoms with Crippen LogP contribution in [0.3, 0.4) is 0 Å². The number of hydrogen-bond donors (Lipinski definition) is 2. The first kappa shape index (κ1) is 17.7. The summed E-state index contributed by atoms with van der Waals surface area (Å²) >= 11 is 0. The van der Waals surface area contributed by atoms with Gasteiger partial charge in [-0.25, -0.2) is 4.98 Å². The fourth-order valence-electron chi connectivity index (χ4n) is 3.00. The zero-order valence-electron chi connectivity index (χ0n) is 15.2. The summed E-state index contributed by atoms with van der Waals surface area (Å²) in [6.07, 6.45) is 1.64. The van der Waals surface area contributed by atoms with E-state index >= 15 is 0 Å². The lowest BCUT2D eigenvalue weighted by Crippen LogP contribution is -2.27. The van der Waals surface area contributed by atoms with Crippen LogP contribution < -0.4 is 15.7 Å². The maximum atomic E-state index is 12.9. The molecule has 28 heavy (non-hydrogen) atoms. The lowest BCUT2D eigenvalue weighted by Gasteiger charge is -2.12. The molecule has 0 spiro atoms. The van der Waals surface area contributed by atoms with Crippen molar-refractivity contribution in [2.24, 2.45) is 0 Å². The molecule has 7 nitrogen and oxygen atoms in total. The first-order valence-electron chi connectivity index (χ1n) is 8.69. The highest BCUT2D eigenvalue weighted by molar-refractivity contribution is 5.81. The summed E-state index contributed by atoms with van der Waals surface area (Å²) in [5.74, 6) is 0.320. The van der Waals surface area contributed by atoms with E-state index in [1.807, 2.05) is 48.5 Å². The second kappa shape index (κ2) is 7.50. The minimum atomic E-state index is -0.298. The largest absolute Gasteiger partial charge is 0.412 e. The van der Waals surface area contributed by atoms with Gasteiger partial charge in [-0.2, -0.15) is 4.98 Å². The molecule has 7 heteroatoms. The molecular weight excluding hydrogens is 356 g/mol.